The van der Waals surface area contributed by atoms with Gasteiger partial charge in [0.15, 0.2) is 5.82 Å². The molecule has 0 aliphatic carbocycles. The zero-order valence-corrected chi connectivity index (χ0v) is 11.9. The van der Waals surface area contributed by atoms with Gasteiger partial charge in [0.1, 0.15) is 24.6 Å². The quantitative estimate of drug-likeness (QED) is 0.858. The number of anilines is 1. The molecule has 0 radical (unpaired) electrons. The van der Waals surface area contributed by atoms with Crippen LogP contribution >= 0.6 is 0 Å². The van der Waals surface area contributed by atoms with Crippen molar-refractivity contribution in [1.82, 2.24) is 14.6 Å². The summed E-state index contributed by atoms with van der Waals surface area (Å²) in [5, 5.41) is 4.22. The summed E-state index contributed by atoms with van der Waals surface area (Å²) < 4.78 is 12.8. The lowest BCUT2D eigenvalue weighted by Gasteiger charge is -2.13. The second kappa shape index (κ2) is 5.69. The van der Waals surface area contributed by atoms with Crippen molar-refractivity contribution in [2.45, 2.75) is 38.4 Å². The van der Waals surface area contributed by atoms with Gasteiger partial charge in [-0.2, -0.15) is 5.10 Å². The molecule has 2 atom stereocenters. The van der Waals surface area contributed by atoms with E-state index in [1.54, 1.807) is 11.4 Å². The minimum absolute atomic E-state index is 0.0600. The molecule has 1 fully saturated rings. The molecule has 2 unspecified atom stereocenters. The van der Waals surface area contributed by atoms with Crippen LogP contribution in [-0.4, -0.2) is 33.3 Å². The number of hydrogen-bond acceptors (Lipinski definition) is 6. The first kappa shape index (κ1) is 13.8. The van der Waals surface area contributed by atoms with Crippen molar-refractivity contribution in [3.05, 3.63) is 24.2 Å². The molecule has 1 aliphatic heterocycles. The maximum atomic E-state index is 11.2. The molecular weight excluding hydrogens is 272 g/mol. The number of ether oxygens (including phenoxy) is 2. The predicted molar refractivity (Wildman–Crippen MR) is 75.5 cm³/mol. The third kappa shape index (κ3) is 2.69. The number of fused-ring (bicyclic) bond motifs is 1. The summed E-state index contributed by atoms with van der Waals surface area (Å²) in [5.41, 5.74) is 7.54. The third-order valence-corrected chi connectivity index (χ3v) is 3.67. The van der Waals surface area contributed by atoms with E-state index in [0.717, 1.165) is 24.1 Å². The fourth-order valence-corrected chi connectivity index (χ4v) is 2.55. The maximum Gasteiger partial charge on any atom is 0.305 e. The second-order valence-corrected chi connectivity index (χ2v) is 5.06. The zero-order valence-electron chi connectivity index (χ0n) is 11.9. The van der Waals surface area contributed by atoms with E-state index in [4.69, 9.17) is 15.2 Å². The molecule has 0 aromatic carbocycles. The summed E-state index contributed by atoms with van der Waals surface area (Å²) in [5.74, 6) is 0.248. The molecule has 112 valence electrons. The van der Waals surface area contributed by atoms with Gasteiger partial charge in [0.25, 0.3) is 0 Å². The number of nitrogens with two attached hydrogens (primary N) is 1. The molecule has 0 spiro atoms. The first-order valence-electron chi connectivity index (χ1n) is 7.08. The molecule has 0 amide bonds. The van der Waals surface area contributed by atoms with Crippen LogP contribution in [0.5, 0.6) is 0 Å². The monoisotopic (exact) mass is 290 g/mol. The first-order chi connectivity index (χ1) is 10.2. The van der Waals surface area contributed by atoms with E-state index in [2.05, 4.69) is 10.1 Å². The minimum atomic E-state index is -0.198. The van der Waals surface area contributed by atoms with E-state index in [-0.39, 0.29) is 18.2 Å². The van der Waals surface area contributed by atoms with Crippen LogP contribution in [0.1, 0.15) is 38.0 Å². The fourth-order valence-electron chi connectivity index (χ4n) is 2.55. The van der Waals surface area contributed by atoms with Crippen molar-refractivity contribution in [3.63, 3.8) is 0 Å². The Hall–Kier alpha value is -2.15. The highest BCUT2D eigenvalue weighted by Gasteiger charge is 2.29. The van der Waals surface area contributed by atoms with Crippen molar-refractivity contribution in [2.75, 3.05) is 12.3 Å². The van der Waals surface area contributed by atoms with Gasteiger partial charge in [-0.15, -0.1) is 0 Å². The Morgan fingerprint density at radius 1 is 1.52 bits per heavy atom. The Kier molecular flexibility index (Phi) is 3.74. The molecule has 0 bridgehead atoms. The third-order valence-electron chi connectivity index (χ3n) is 3.67. The smallest absolute Gasteiger partial charge is 0.305 e. The molecule has 0 saturated carbocycles. The van der Waals surface area contributed by atoms with Crippen molar-refractivity contribution >= 4 is 17.3 Å². The van der Waals surface area contributed by atoms with Gasteiger partial charge < -0.3 is 15.2 Å². The Labute approximate surface area is 122 Å². The van der Waals surface area contributed by atoms with E-state index >= 15 is 0 Å². The van der Waals surface area contributed by atoms with Gasteiger partial charge >= 0.3 is 5.97 Å². The molecule has 1 saturated heterocycles. The lowest BCUT2D eigenvalue weighted by atomic mass is 10.1. The number of rotatable bonds is 4. The molecule has 2 aromatic rings. The summed E-state index contributed by atoms with van der Waals surface area (Å²) in [6.07, 6.45) is 3.42. The predicted octanol–water partition coefficient (Wildman–Crippen LogP) is 1.48. The van der Waals surface area contributed by atoms with Crippen LogP contribution in [0.15, 0.2) is 18.5 Å². The lowest BCUT2D eigenvalue weighted by molar-refractivity contribution is -0.147. The lowest BCUT2D eigenvalue weighted by Crippen LogP contribution is -2.18. The summed E-state index contributed by atoms with van der Waals surface area (Å²) in [6.45, 7) is 2.08. The Balaban J connectivity index is 1.70. The van der Waals surface area contributed by atoms with Crippen molar-refractivity contribution in [1.29, 1.82) is 0 Å². The van der Waals surface area contributed by atoms with Gasteiger partial charge in [-0.25, -0.2) is 9.50 Å². The number of carbonyl (C=O) groups excluding carboxylic acids is 1. The summed E-state index contributed by atoms with van der Waals surface area (Å²) in [7, 11) is 0. The number of esters is 1. The van der Waals surface area contributed by atoms with Crippen LogP contribution < -0.4 is 5.73 Å². The summed E-state index contributed by atoms with van der Waals surface area (Å²) in [4.78, 5) is 15.1. The first-order valence-corrected chi connectivity index (χ1v) is 7.08. The van der Waals surface area contributed by atoms with Crippen molar-refractivity contribution in [3.8, 4) is 0 Å². The van der Waals surface area contributed by atoms with Crippen LogP contribution in [0.2, 0.25) is 0 Å². The van der Waals surface area contributed by atoms with Gasteiger partial charge in [-0.05, 0) is 25.0 Å². The second-order valence-electron chi connectivity index (χ2n) is 5.06. The number of carbonyl (C=O) groups is 1. The average molecular weight is 290 g/mol. The summed E-state index contributed by atoms with van der Waals surface area (Å²) >= 11 is 0. The standard InChI is InChI=1S/C14H18N4O3/c1-2-13(19)20-7-9-3-6-12(21-9)10-4-5-11-14(15)16-8-17-18(10)11/h4-5,8-9,12H,2-3,6-7H2,1H3,(H2,15,16,17). The highest BCUT2D eigenvalue weighted by molar-refractivity contribution is 5.68. The Bertz CT molecular complexity index is 655. The number of aromatic nitrogens is 3. The van der Waals surface area contributed by atoms with Gasteiger partial charge in [0.05, 0.1) is 11.8 Å². The highest BCUT2D eigenvalue weighted by Crippen LogP contribution is 2.33. The number of hydrogen-bond donors (Lipinski definition) is 1. The highest BCUT2D eigenvalue weighted by atomic mass is 16.6. The number of nitrogens with zero attached hydrogens (tertiary/aromatic N) is 3. The van der Waals surface area contributed by atoms with E-state index in [1.807, 2.05) is 12.1 Å². The molecule has 2 aromatic heterocycles. The van der Waals surface area contributed by atoms with Gasteiger partial charge in [-0.3, -0.25) is 4.79 Å². The zero-order chi connectivity index (χ0) is 14.8. The topological polar surface area (TPSA) is 91.7 Å². The fraction of sp³-hybridized carbons (Fsp3) is 0.500. The average Bonchev–Trinajstić information content (AvgIpc) is 3.11. The molecule has 3 rings (SSSR count). The minimum Gasteiger partial charge on any atom is -0.463 e. The maximum absolute atomic E-state index is 11.2. The van der Waals surface area contributed by atoms with Gasteiger partial charge in [-0.1, -0.05) is 6.92 Å². The molecular formula is C14H18N4O3. The molecule has 21 heavy (non-hydrogen) atoms. The van der Waals surface area contributed by atoms with Crippen molar-refractivity contribution in [2.24, 2.45) is 0 Å². The normalized spacial score (nSPS) is 21.8. The largest absolute Gasteiger partial charge is 0.463 e. The van der Waals surface area contributed by atoms with E-state index in [1.165, 1.54) is 6.33 Å². The van der Waals surface area contributed by atoms with Crippen LogP contribution in [0, 0.1) is 0 Å². The van der Waals surface area contributed by atoms with Crippen LogP contribution in [0.3, 0.4) is 0 Å². The van der Waals surface area contributed by atoms with E-state index in [9.17, 15) is 4.79 Å². The molecule has 1 aliphatic rings. The van der Waals surface area contributed by atoms with E-state index in [0.29, 0.717) is 18.8 Å². The SMILES string of the molecule is CCC(=O)OCC1CCC(c2ccc3c(N)ncnn23)O1. The van der Waals surface area contributed by atoms with Gasteiger partial charge in [0, 0.05) is 6.42 Å². The Morgan fingerprint density at radius 2 is 2.38 bits per heavy atom. The molecule has 7 heteroatoms. The van der Waals surface area contributed by atoms with E-state index < -0.39 is 0 Å². The number of nitrogen functional groups attached to an aromatic ring is 1. The molecule has 2 N–H and O–H groups in total. The van der Waals surface area contributed by atoms with Gasteiger partial charge in [0.2, 0.25) is 0 Å². The summed E-state index contributed by atoms with van der Waals surface area (Å²) in [6, 6.07) is 3.84. The van der Waals surface area contributed by atoms with Crippen LogP contribution in [-0.2, 0) is 14.3 Å². The van der Waals surface area contributed by atoms with Crippen molar-refractivity contribution < 1.29 is 14.3 Å². The van der Waals surface area contributed by atoms with Crippen LogP contribution in [0.25, 0.3) is 5.52 Å². The molecule has 7 nitrogen and oxygen atoms in total. The molecule has 3 heterocycles. The Morgan fingerprint density at radius 3 is 3.19 bits per heavy atom. The van der Waals surface area contributed by atoms with Crippen LogP contribution in [0.4, 0.5) is 5.82 Å².